The van der Waals surface area contributed by atoms with Gasteiger partial charge in [0.05, 0.1) is 11.0 Å². The van der Waals surface area contributed by atoms with Crippen molar-refractivity contribution < 1.29 is 0 Å². The molecule has 2 nitrogen and oxygen atoms in total. The van der Waals surface area contributed by atoms with Crippen LogP contribution in [0.3, 0.4) is 0 Å². The zero-order valence-electron chi connectivity index (χ0n) is 28.1. The molecule has 0 fully saturated rings. The van der Waals surface area contributed by atoms with Crippen LogP contribution in [0.5, 0.6) is 0 Å². The molecule has 10 aromatic rings. The van der Waals surface area contributed by atoms with Crippen LogP contribution >= 0.6 is 0 Å². The number of aromatic nitrogens is 1. The molecule has 0 aliphatic carbocycles. The summed E-state index contributed by atoms with van der Waals surface area (Å²) >= 11 is 0. The van der Waals surface area contributed by atoms with Crippen LogP contribution in [-0.2, 0) is 0 Å². The number of hydrogen-bond acceptors (Lipinski definition) is 1. The Bertz CT molecular complexity index is 2800. The van der Waals surface area contributed by atoms with Crippen LogP contribution in [0.15, 0.2) is 170 Å². The van der Waals surface area contributed by atoms with E-state index in [1.165, 1.54) is 82.1 Å². The normalized spacial score (nSPS) is 11.8. The summed E-state index contributed by atoms with van der Waals surface area (Å²) in [5.41, 5.74) is 12.1. The average Bonchev–Trinajstić information content (AvgIpc) is 3.50. The van der Waals surface area contributed by atoms with Gasteiger partial charge in [-0.2, -0.15) is 0 Å². The summed E-state index contributed by atoms with van der Waals surface area (Å²) in [6.07, 6.45) is 0. The maximum Gasteiger partial charge on any atom is 0.0553 e. The van der Waals surface area contributed by atoms with Gasteiger partial charge in [0.15, 0.2) is 0 Å². The molecular weight excluding hydrogens is 605 g/mol. The van der Waals surface area contributed by atoms with Gasteiger partial charge in [0.1, 0.15) is 0 Å². The van der Waals surface area contributed by atoms with Crippen LogP contribution in [0.2, 0.25) is 0 Å². The number of nitrogens with zero attached hydrogens (tertiary/aromatic N) is 2. The highest BCUT2D eigenvalue weighted by Crippen LogP contribution is 2.45. The highest BCUT2D eigenvalue weighted by atomic mass is 15.1. The lowest BCUT2D eigenvalue weighted by atomic mass is 9.88. The first-order valence-electron chi connectivity index (χ1n) is 17.4. The molecule has 0 saturated carbocycles. The molecule has 0 bridgehead atoms. The second-order valence-electron chi connectivity index (χ2n) is 13.5. The zero-order chi connectivity index (χ0) is 33.3. The topological polar surface area (TPSA) is 8.17 Å². The second kappa shape index (κ2) is 11.1. The molecule has 0 aliphatic rings. The molecule has 0 aliphatic heterocycles. The van der Waals surface area contributed by atoms with E-state index in [4.69, 9.17) is 0 Å². The molecule has 1 heterocycles. The number of hydrogen-bond donors (Lipinski definition) is 0. The van der Waals surface area contributed by atoms with Gasteiger partial charge in [-0.15, -0.1) is 0 Å². The molecule has 0 saturated heterocycles. The minimum absolute atomic E-state index is 1.14. The number of anilines is 3. The zero-order valence-corrected chi connectivity index (χ0v) is 28.1. The summed E-state index contributed by atoms with van der Waals surface area (Å²) in [6.45, 7) is 4.27. The molecule has 0 atom stereocenters. The summed E-state index contributed by atoms with van der Waals surface area (Å²) in [7, 11) is 0. The summed E-state index contributed by atoms with van der Waals surface area (Å²) in [5, 5.41) is 10.4. The third-order valence-electron chi connectivity index (χ3n) is 10.5. The molecule has 2 heteroatoms. The van der Waals surface area contributed by atoms with E-state index >= 15 is 0 Å². The van der Waals surface area contributed by atoms with Crippen LogP contribution in [-0.4, -0.2) is 4.57 Å². The van der Waals surface area contributed by atoms with E-state index in [0.717, 1.165) is 17.1 Å². The maximum absolute atomic E-state index is 2.42. The molecule has 50 heavy (non-hydrogen) atoms. The molecule has 1 aromatic heterocycles. The lowest BCUT2D eigenvalue weighted by molar-refractivity contribution is 1.18. The monoisotopic (exact) mass is 638 g/mol. The first kappa shape index (κ1) is 28.6. The SMILES string of the molecule is Cc1ccc(N(c2ccc(C)cc2)c2ccc(-c3ccc4ccc5c6c(ccc3c46)cc3c5c4ccccc4n3-c3ccccc3)cc2)cc1. The lowest BCUT2D eigenvalue weighted by Gasteiger charge is -2.26. The van der Waals surface area contributed by atoms with Gasteiger partial charge in [-0.1, -0.05) is 120 Å². The molecule has 9 aromatic carbocycles. The Hall–Kier alpha value is -6.38. The molecule has 236 valence electrons. The van der Waals surface area contributed by atoms with Crippen LogP contribution < -0.4 is 4.90 Å². The van der Waals surface area contributed by atoms with Crippen molar-refractivity contribution in [3.8, 4) is 16.8 Å². The second-order valence-corrected chi connectivity index (χ2v) is 13.5. The predicted molar refractivity (Wildman–Crippen MR) is 214 cm³/mol. The van der Waals surface area contributed by atoms with E-state index in [2.05, 4.69) is 193 Å². The Morgan fingerprint density at radius 3 is 1.66 bits per heavy atom. The van der Waals surface area contributed by atoms with Crippen molar-refractivity contribution in [2.24, 2.45) is 0 Å². The first-order chi connectivity index (χ1) is 24.6. The molecular formula is C48H34N2. The van der Waals surface area contributed by atoms with Gasteiger partial charge in [-0.25, -0.2) is 0 Å². The van der Waals surface area contributed by atoms with E-state index in [1.54, 1.807) is 0 Å². The number of fused-ring (bicyclic) bond motifs is 4. The van der Waals surface area contributed by atoms with Crippen molar-refractivity contribution in [2.75, 3.05) is 4.90 Å². The van der Waals surface area contributed by atoms with Crippen LogP contribution in [0, 0.1) is 13.8 Å². The van der Waals surface area contributed by atoms with Crippen molar-refractivity contribution in [1.82, 2.24) is 4.57 Å². The van der Waals surface area contributed by atoms with Gasteiger partial charge in [0.2, 0.25) is 0 Å². The van der Waals surface area contributed by atoms with Crippen molar-refractivity contribution in [3.63, 3.8) is 0 Å². The smallest absolute Gasteiger partial charge is 0.0553 e. The minimum atomic E-state index is 1.14. The highest BCUT2D eigenvalue weighted by molar-refractivity contribution is 6.34. The van der Waals surface area contributed by atoms with Gasteiger partial charge in [0, 0.05) is 33.5 Å². The number of para-hydroxylation sites is 2. The van der Waals surface area contributed by atoms with Gasteiger partial charge < -0.3 is 9.47 Å². The molecule has 0 N–H and O–H groups in total. The van der Waals surface area contributed by atoms with Gasteiger partial charge in [0.25, 0.3) is 0 Å². The standard InChI is InChI=1S/C48H34N2/c1-31-12-21-37(22-13-31)49(38-23-14-32(2)15-24-38)39-25-16-33(17-26-39)40-27-18-34-19-29-43-47-35(20-28-41(40)46(34)47)30-45-48(43)42-10-6-7-11-44(42)50(45)36-8-4-3-5-9-36/h3-30H,1-2H3. The Morgan fingerprint density at radius 1 is 0.400 bits per heavy atom. The van der Waals surface area contributed by atoms with Gasteiger partial charge >= 0.3 is 0 Å². The van der Waals surface area contributed by atoms with Crippen LogP contribution in [0.25, 0.3) is 70.9 Å². The maximum atomic E-state index is 2.42. The summed E-state index contributed by atoms with van der Waals surface area (Å²) in [4.78, 5) is 2.34. The van der Waals surface area contributed by atoms with E-state index < -0.39 is 0 Å². The predicted octanol–water partition coefficient (Wildman–Crippen LogP) is 13.4. The minimum Gasteiger partial charge on any atom is -0.311 e. The number of benzene rings is 9. The largest absolute Gasteiger partial charge is 0.311 e. The molecule has 0 radical (unpaired) electrons. The van der Waals surface area contributed by atoms with Crippen LogP contribution in [0.4, 0.5) is 17.1 Å². The quantitative estimate of drug-likeness (QED) is 0.170. The third-order valence-corrected chi connectivity index (χ3v) is 10.5. The molecule has 0 unspecified atom stereocenters. The number of aryl methyl sites for hydroxylation is 2. The Balaban J connectivity index is 1.16. The Morgan fingerprint density at radius 2 is 0.960 bits per heavy atom. The molecule has 0 amide bonds. The fraction of sp³-hybridized carbons (Fsp3) is 0.0417. The summed E-state index contributed by atoms with van der Waals surface area (Å²) in [6, 6.07) is 62.5. The molecule has 10 rings (SSSR count). The third kappa shape index (κ3) is 4.35. The van der Waals surface area contributed by atoms with Crippen molar-refractivity contribution in [3.05, 3.63) is 181 Å². The van der Waals surface area contributed by atoms with Crippen molar-refractivity contribution in [1.29, 1.82) is 0 Å². The van der Waals surface area contributed by atoms with E-state index in [-0.39, 0.29) is 0 Å². The Labute approximate surface area is 291 Å². The van der Waals surface area contributed by atoms with Gasteiger partial charge in [-0.05, 0) is 118 Å². The van der Waals surface area contributed by atoms with E-state index in [9.17, 15) is 0 Å². The molecule has 0 spiro atoms. The summed E-state index contributed by atoms with van der Waals surface area (Å²) < 4.78 is 2.42. The fourth-order valence-corrected chi connectivity index (χ4v) is 8.06. The van der Waals surface area contributed by atoms with Crippen LogP contribution in [0.1, 0.15) is 11.1 Å². The van der Waals surface area contributed by atoms with Crippen molar-refractivity contribution >= 4 is 71.2 Å². The average molecular weight is 639 g/mol. The van der Waals surface area contributed by atoms with E-state index in [0.29, 0.717) is 0 Å². The highest BCUT2D eigenvalue weighted by Gasteiger charge is 2.20. The van der Waals surface area contributed by atoms with Crippen molar-refractivity contribution in [2.45, 2.75) is 13.8 Å². The lowest BCUT2D eigenvalue weighted by Crippen LogP contribution is -2.09. The Kier molecular flexibility index (Phi) is 6.34. The first-order valence-corrected chi connectivity index (χ1v) is 17.4. The summed E-state index contributed by atoms with van der Waals surface area (Å²) in [5.74, 6) is 0. The van der Waals surface area contributed by atoms with E-state index in [1.807, 2.05) is 0 Å². The number of rotatable bonds is 5. The fourth-order valence-electron chi connectivity index (χ4n) is 8.06. The van der Waals surface area contributed by atoms with Gasteiger partial charge in [-0.3, -0.25) is 0 Å².